The van der Waals surface area contributed by atoms with Crippen molar-refractivity contribution in [1.82, 2.24) is 5.16 Å². The second kappa shape index (κ2) is 4.15. The predicted molar refractivity (Wildman–Crippen MR) is 73.2 cm³/mol. The van der Waals surface area contributed by atoms with Gasteiger partial charge in [0, 0.05) is 4.47 Å². The summed E-state index contributed by atoms with van der Waals surface area (Å²) in [7, 11) is 0. The molecule has 2 nitrogen and oxygen atoms in total. The zero-order chi connectivity index (χ0) is 11.8. The van der Waals surface area contributed by atoms with Crippen molar-refractivity contribution >= 4 is 37.7 Å². The molecule has 0 spiro atoms. The molecule has 3 rings (SSSR count). The van der Waals surface area contributed by atoms with Crippen molar-refractivity contribution in [3.63, 3.8) is 0 Å². The van der Waals surface area contributed by atoms with E-state index in [1.807, 2.05) is 6.07 Å². The third-order valence-corrected chi connectivity index (χ3v) is 3.69. The van der Waals surface area contributed by atoms with Crippen LogP contribution in [0.2, 0.25) is 0 Å². The van der Waals surface area contributed by atoms with E-state index in [9.17, 15) is 0 Å². The van der Waals surface area contributed by atoms with Crippen molar-refractivity contribution in [2.75, 3.05) is 0 Å². The van der Waals surface area contributed by atoms with Crippen LogP contribution in [-0.4, -0.2) is 5.16 Å². The van der Waals surface area contributed by atoms with E-state index >= 15 is 0 Å². The van der Waals surface area contributed by atoms with Gasteiger partial charge in [-0.15, -0.1) is 0 Å². The highest BCUT2D eigenvalue weighted by Crippen LogP contribution is 2.32. The fourth-order valence-corrected chi connectivity index (χ4v) is 2.73. The van der Waals surface area contributed by atoms with Crippen molar-refractivity contribution in [2.45, 2.75) is 19.8 Å². The number of rotatable bonds is 2. The highest BCUT2D eigenvalue weighted by molar-refractivity contribution is 9.10. The molecule has 0 radical (unpaired) electrons. The average molecular weight is 290 g/mol. The maximum Gasteiger partial charge on any atom is 0.167 e. The molecule has 0 aliphatic heterocycles. The molecule has 3 heteroatoms. The Hall–Kier alpha value is -1.35. The summed E-state index contributed by atoms with van der Waals surface area (Å²) in [4.78, 5) is 0. The number of benzene rings is 2. The van der Waals surface area contributed by atoms with Crippen molar-refractivity contribution in [2.24, 2.45) is 0 Å². The zero-order valence-electron chi connectivity index (χ0n) is 9.53. The van der Waals surface area contributed by atoms with Crippen molar-refractivity contribution < 1.29 is 4.52 Å². The van der Waals surface area contributed by atoms with Crippen LogP contribution in [0.4, 0.5) is 0 Å². The van der Waals surface area contributed by atoms with Crippen LogP contribution < -0.4 is 0 Å². The van der Waals surface area contributed by atoms with Gasteiger partial charge < -0.3 is 4.52 Å². The van der Waals surface area contributed by atoms with Gasteiger partial charge in [-0.05, 0) is 35.4 Å². The molecule has 3 aromatic rings. The van der Waals surface area contributed by atoms with E-state index in [4.69, 9.17) is 4.52 Å². The molecule has 2 aromatic carbocycles. The Labute approximate surface area is 108 Å². The summed E-state index contributed by atoms with van der Waals surface area (Å²) in [5.74, 6) is 0. The Balaban J connectivity index is 2.44. The van der Waals surface area contributed by atoms with Crippen molar-refractivity contribution in [1.29, 1.82) is 0 Å². The Bertz CT molecular complexity index is 687. The number of nitrogens with zero attached hydrogens (tertiary/aromatic N) is 1. The lowest BCUT2D eigenvalue weighted by Gasteiger charge is -2.02. The van der Waals surface area contributed by atoms with Gasteiger partial charge in [0.2, 0.25) is 0 Å². The van der Waals surface area contributed by atoms with Gasteiger partial charge in [-0.25, -0.2) is 0 Å². The number of hydrogen-bond acceptors (Lipinski definition) is 2. The molecule has 0 fully saturated rings. The molecule has 1 heterocycles. The Morgan fingerprint density at radius 3 is 2.88 bits per heavy atom. The van der Waals surface area contributed by atoms with Gasteiger partial charge in [-0.3, -0.25) is 0 Å². The SMILES string of the molecule is CCCc1noc2ccc3c(Br)cccc3c12. The fourth-order valence-electron chi connectivity index (χ4n) is 2.23. The van der Waals surface area contributed by atoms with Gasteiger partial charge in [-0.1, -0.05) is 46.6 Å². The minimum absolute atomic E-state index is 0.874. The van der Waals surface area contributed by atoms with Crippen LogP contribution in [0.1, 0.15) is 19.0 Å². The van der Waals surface area contributed by atoms with E-state index in [2.05, 4.69) is 52.3 Å². The first kappa shape index (κ1) is 10.8. The normalized spacial score (nSPS) is 11.4. The topological polar surface area (TPSA) is 26.0 Å². The van der Waals surface area contributed by atoms with Gasteiger partial charge in [0.05, 0.1) is 11.1 Å². The van der Waals surface area contributed by atoms with Gasteiger partial charge >= 0.3 is 0 Å². The van der Waals surface area contributed by atoms with E-state index in [1.54, 1.807) is 0 Å². The molecule has 0 atom stereocenters. The molecular weight excluding hydrogens is 278 g/mol. The Kier molecular flexibility index (Phi) is 2.63. The molecule has 0 aliphatic rings. The Morgan fingerprint density at radius 2 is 2.06 bits per heavy atom. The molecule has 17 heavy (non-hydrogen) atoms. The second-order valence-corrected chi connectivity index (χ2v) is 5.01. The van der Waals surface area contributed by atoms with Gasteiger partial charge in [0.15, 0.2) is 5.58 Å². The fraction of sp³-hybridized carbons (Fsp3) is 0.214. The molecule has 0 saturated carbocycles. The first-order chi connectivity index (χ1) is 8.31. The van der Waals surface area contributed by atoms with E-state index in [0.29, 0.717) is 0 Å². The molecule has 0 N–H and O–H groups in total. The van der Waals surface area contributed by atoms with E-state index < -0.39 is 0 Å². The van der Waals surface area contributed by atoms with Crippen molar-refractivity contribution in [3.05, 3.63) is 40.5 Å². The predicted octanol–water partition coefficient (Wildman–Crippen LogP) is 4.70. The van der Waals surface area contributed by atoms with E-state index in [-0.39, 0.29) is 0 Å². The monoisotopic (exact) mass is 289 g/mol. The summed E-state index contributed by atoms with van der Waals surface area (Å²) in [6.07, 6.45) is 2.03. The van der Waals surface area contributed by atoms with Crippen LogP contribution >= 0.6 is 15.9 Å². The summed E-state index contributed by atoms with van der Waals surface area (Å²) >= 11 is 3.58. The number of aryl methyl sites for hydroxylation is 1. The molecule has 0 unspecified atom stereocenters. The van der Waals surface area contributed by atoms with Crippen molar-refractivity contribution in [3.8, 4) is 0 Å². The summed E-state index contributed by atoms with van der Waals surface area (Å²) in [6, 6.07) is 10.3. The first-order valence-electron chi connectivity index (χ1n) is 5.76. The van der Waals surface area contributed by atoms with Gasteiger partial charge in [0.25, 0.3) is 0 Å². The molecule has 0 aliphatic carbocycles. The molecule has 0 saturated heterocycles. The van der Waals surface area contributed by atoms with Crippen LogP contribution in [0.15, 0.2) is 39.3 Å². The van der Waals surface area contributed by atoms with Crippen LogP contribution in [0.25, 0.3) is 21.7 Å². The molecule has 1 aromatic heterocycles. The third-order valence-electron chi connectivity index (χ3n) is 3.00. The van der Waals surface area contributed by atoms with Crippen LogP contribution in [0, 0.1) is 0 Å². The van der Waals surface area contributed by atoms with E-state index in [1.165, 1.54) is 10.8 Å². The lowest BCUT2D eigenvalue weighted by Crippen LogP contribution is -1.84. The largest absolute Gasteiger partial charge is 0.356 e. The summed E-state index contributed by atoms with van der Waals surface area (Å²) in [5, 5.41) is 7.75. The maximum atomic E-state index is 5.38. The zero-order valence-corrected chi connectivity index (χ0v) is 11.1. The number of hydrogen-bond donors (Lipinski definition) is 0. The minimum Gasteiger partial charge on any atom is -0.356 e. The summed E-state index contributed by atoms with van der Waals surface area (Å²) in [6.45, 7) is 2.15. The smallest absolute Gasteiger partial charge is 0.167 e. The van der Waals surface area contributed by atoms with E-state index in [0.717, 1.165) is 34.0 Å². The summed E-state index contributed by atoms with van der Waals surface area (Å²) < 4.78 is 6.50. The minimum atomic E-state index is 0.874. The molecule has 0 amide bonds. The highest BCUT2D eigenvalue weighted by atomic mass is 79.9. The third kappa shape index (κ3) is 1.65. The lowest BCUT2D eigenvalue weighted by molar-refractivity contribution is 0.445. The van der Waals surface area contributed by atoms with Crippen LogP contribution in [0.3, 0.4) is 0 Å². The second-order valence-electron chi connectivity index (χ2n) is 4.15. The lowest BCUT2D eigenvalue weighted by atomic mass is 10.0. The number of fused-ring (bicyclic) bond motifs is 3. The van der Waals surface area contributed by atoms with Crippen LogP contribution in [-0.2, 0) is 6.42 Å². The molecule has 0 bridgehead atoms. The average Bonchev–Trinajstić information content (AvgIpc) is 2.74. The molecular formula is C14H12BrNO. The summed E-state index contributed by atoms with van der Waals surface area (Å²) in [5.41, 5.74) is 1.94. The number of halogens is 1. The first-order valence-corrected chi connectivity index (χ1v) is 6.56. The van der Waals surface area contributed by atoms with Crippen LogP contribution in [0.5, 0.6) is 0 Å². The quantitative estimate of drug-likeness (QED) is 0.684. The highest BCUT2D eigenvalue weighted by Gasteiger charge is 2.11. The Morgan fingerprint density at radius 1 is 1.18 bits per heavy atom. The standard InChI is InChI=1S/C14H12BrNO/c1-2-4-12-14-10-5-3-6-11(15)9(10)7-8-13(14)17-16-12/h3,5-8H,2,4H2,1H3. The molecule has 86 valence electrons. The van der Waals surface area contributed by atoms with Gasteiger partial charge in [-0.2, -0.15) is 0 Å². The number of aromatic nitrogens is 1. The van der Waals surface area contributed by atoms with Gasteiger partial charge in [0.1, 0.15) is 0 Å². The maximum absolute atomic E-state index is 5.38.